The summed E-state index contributed by atoms with van der Waals surface area (Å²) in [5.74, 6) is 0. The van der Waals surface area contributed by atoms with Crippen LogP contribution in [0, 0.1) is 5.41 Å². The molecule has 0 saturated carbocycles. The number of piperidine rings is 2. The summed E-state index contributed by atoms with van der Waals surface area (Å²) in [6.45, 7) is 6.15. The van der Waals surface area contributed by atoms with Crippen LogP contribution in [0.25, 0.3) is 0 Å². The van der Waals surface area contributed by atoms with Crippen LogP contribution in [0.5, 0.6) is 0 Å². The molecule has 2 heteroatoms. The Morgan fingerprint density at radius 2 is 1.94 bits per heavy atom. The highest BCUT2D eigenvalue weighted by molar-refractivity contribution is 5.14. The van der Waals surface area contributed by atoms with Gasteiger partial charge < -0.3 is 5.32 Å². The van der Waals surface area contributed by atoms with Crippen LogP contribution in [0.3, 0.4) is 0 Å². The Morgan fingerprint density at radius 1 is 1.11 bits per heavy atom. The first-order valence-electron chi connectivity index (χ1n) is 7.33. The molecule has 0 aliphatic carbocycles. The molecular weight excluding hydrogens is 220 g/mol. The van der Waals surface area contributed by atoms with Crippen molar-refractivity contribution in [3.05, 3.63) is 35.9 Å². The molecule has 0 aromatic heterocycles. The van der Waals surface area contributed by atoms with Gasteiger partial charge in [0.1, 0.15) is 0 Å². The fourth-order valence-electron chi connectivity index (χ4n) is 3.67. The lowest BCUT2D eigenvalue weighted by Gasteiger charge is -2.45. The minimum atomic E-state index is 0.575. The van der Waals surface area contributed by atoms with Crippen molar-refractivity contribution >= 4 is 0 Å². The van der Waals surface area contributed by atoms with E-state index >= 15 is 0 Å². The molecule has 0 bridgehead atoms. The van der Waals surface area contributed by atoms with Crippen LogP contribution in [0.4, 0.5) is 0 Å². The molecule has 2 fully saturated rings. The molecule has 0 radical (unpaired) electrons. The van der Waals surface area contributed by atoms with Gasteiger partial charge in [0.25, 0.3) is 0 Å². The molecule has 2 saturated heterocycles. The summed E-state index contributed by atoms with van der Waals surface area (Å²) in [4.78, 5) is 2.66. The molecular formula is C16H24N2. The van der Waals surface area contributed by atoms with E-state index < -0.39 is 0 Å². The third-order valence-electron chi connectivity index (χ3n) is 4.55. The summed E-state index contributed by atoms with van der Waals surface area (Å²) in [5.41, 5.74) is 2.03. The molecule has 1 aromatic carbocycles. The molecule has 0 unspecified atom stereocenters. The van der Waals surface area contributed by atoms with Gasteiger partial charge in [-0.15, -0.1) is 0 Å². The molecule has 2 aliphatic rings. The number of benzene rings is 1. The Labute approximate surface area is 110 Å². The van der Waals surface area contributed by atoms with Crippen molar-refractivity contribution in [2.75, 3.05) is 26.2 Å². The van der Waals surface area contributed by atoms with Gasteiger partial charge >= 0.3 is 0 Å². The molecule has 1 atom stereocenters. The van der Waals surface area contributed by atoms with Gasteiger partial charge in [0.05, 0.1) is 0 Å². The van der Waals surface area contributed by atoms with Crippen LogP contribution >= 0.6 is 0 Å². The van der Waals surface area contributed by atoms with E-state index in [9.17, 15) is 0 Å². The van der Waals surface area contributed by atoms with Crippen molar-refractivity contribution in [1.29, 1.82) is 0 Å². The number of rotatable bonds is 2. The van der Waals surface area contributed by atoms with Gasteiger partial charge in [-0.2, -0.15) is 0 Å². The van der Waals surface area contributed by atoms with E-state index in [-0.39, 0.29) is 0 Å². The van der Waals surface area contributed by atoms with Crippen molar-refractivity contribution in [2.24, 2.45) is 5.41 Å². The smallest absolute Gasteiger partial charge is 0.0233 e. The third-order valence-corrected chi connectivity index (χ3v) is 4.55. The predicted octanol–water partition coefficient (Wildman–Crippen LogP) is 2.65. The lowest BCUT2D eigenvalue weighted by atomic mass is 9.74. The van der Waals surface area contributed by atoms with Crippen LogP contribution in [0.15, 0.2) is 30.3 Å². The second kappa shape index (κ2) is 5.41. The highest BCUT2D eigenvalue weighted by atomic mass is 15.1. The van der Waals surface area contributed by atoms with Gasteiger partial charge in [0, 0.05) is 19.6 Å². The van der Waals surface area contributed by atoms with Crippen molar-refractivity contribution < 1.29 is 0 Å². The molecule has 18 heavy (non-hydrogen) atoms. The second-order valence-electron chi connectivity index (χ2n) is 6.08. The maximum atomic E-state index is 3.60. The van der Waals surface area contributed by atoms with E-state index in [1.807, 2.05) is 0 Å². The minimum absolute atomic E-state index is 0.575. The van der Waals surface area contributed by atoms with E-state index in [2.05, 4.69) is 40.5 Å². The topological polar surface area (TPSA) is 15.3 Å². The third kappa shape index (κ3) is 2.76. The fourth-order valence-corrected chi connectivity index (χ4v) is 3.67. The van der Waals surface area contributed by atoms with E-state index in [1.165, 1.54) is 57.4 Å². The Bertz CT molecular complexity index is 362. The normalized spacial score (nSPS) is 29.6. The van der Waals surface area contributed by atoms with E-state index in [0.29, 0.717) is 5.41 Å². The predicted molar refractivity (Wildman–Crippen MR) is 75.5 cm³/mol. The SMILES string of the molecule is c1ccc(CN2CCC[C@]3(CCCNC3)C2)cc1. The van der Waals surface area contributed by atoms with Gasteiger partial charge in [0.15, 0.2) is 0 Å². The van der Waals surface area contributed by atoms with Crippen molar-refractivity contribution in [1.82, 2.24) is 10.2 Å². The zero-order valence-electron chi connectivity index (χ0n) is 11.2. The number of hydrogen-bond acceptors (Lipinski definition) is 2. The molecule has 2 heterocycles. The molecule has 98 valence electrons. The van der Waals surface area contributed by atoms with Crippen molar-refractivity contribution in [3.8, 4) is 0 Å². The van der Waals surface area contributed by atoms with Crippen molar-refractivity contribution in [2.45, 2.75) is 32.2 Å². The first kappa shape index (κ1) is 12.2. The Kier molecular flexibility index (Phi) is 3.67. The number of nitrogens with one attached hydrogen (secondary N) is 1. The number of hydrogen-bond donors (Lipinski definition) is 1. The van der Waals surface area contributed by atoms with Crippen LogP contribution in [0.1, 0.15) is 31.2 Å². The van der Waals surface area contributed by atoms with Gasteiger partial charge in [-0.05, 0) is 49.8 Å². The summed E-state index contributed by atoms with van der Waals surface area (Å²) in [5, 5.41) is 3.60. The zero-order valence-corrected chi connectivity index (χ0v) is 11.2. The quantitative estimate of drug-likeness (QED) is 0.860. The molecule has 1 aromatic rings. The highest BCUT2D eigenvalue weighted by Crippen LogP contribution is 2.36. The maximum Gasteiger partial charge on any atom is 0.0233 e. The maximum absolute atomic E-state index is 3.60. The van der Waals surface area contributed by atoms with Gasteiger partial charge in [-0.25, -0.2) is 0 Å². The van der Waals surface area contributed by atoms with Crippen LogP contribution < -0.4 is 5.32 Å². The second-order valence-corrected chi connectivity index (χ2v) is 6.08. The summed E-state index contributed by atoms with van der Waals surface area (Å²) >= 11 is 0. The Balaban J connectivity index is 1.63. The van der Waals surface area contributed by atoms with Crippen LogP contribution in [-0.2, 0) is 6.54 Å². The summed E-state index contributed by atoms with van der Waals surface area (Å²) < 4.78 is 0. The average Bonchev–Trinajstić information content (AvgIpc) is 2.41. The first-order chi connectivity index (χ1) is 8.86. The van der Waals surface area contributed by atoms with E-state index in [0.717, 1.165) is 6.54 Å². The molecule has 0 amide bonds. The highest BCUT2D eigenvalue weighted by Gasteiger charge is 2.36. The summed E-state index contributed by atoms with van der Waals surface area (Å²) in [6, 6.07) is 10.9. The Hall–Kier alpha value is -0.860. The zero-order chi connectivity index (χ0) is 12.3. The lowest BCUT2D eigenvalue weighted by molar-refractivity contribution is 0.0601. The first-order valence-corrected chi connectivity index (χ1v) is 7.33. The van der Waals surface area contributed by atoms with E-state index in [1.54, 1.807) is 0 Å². The minimum Gasteiger partial charge on any atom is -0.316 e. The summed E-state index contributed by atoms with van der Waals surface area (Å²) in [6.07, 6.45) is 5.57. The lowest BCUT2D eigenvalue weighted by Crippen LogP contribution is -2.50. The van der Waals surface area contributed by atoms with Gasteiger partial charge in [0.2, 0.25) is 0 Å². The average molecular weight is 244 g/mol. The molecule has 3 rings (SSSR count). The fraction of sp³-hybridized carbons (Fsp3) is 0.625. The molecule has 1 N–H and O–H groups in total. The molecule has 2 aliphatic heterocycles. The van der Waals surface area contributed by atoms with Gasteiger partial charge in [-0.3, -0.25) is 4.90 Å². The van der Waals surface area contributed by atoms with E-state index in [4.69, 9.17) is 0 Å². The van der Waals surface area contributed by atoms with Crippen molar-refractivity contribution in [3.63, 3.8) is 0 Å². The van der Waals surface area contributed by atoms with Gasteiger partial charge in [-0.1, -0.05) is 30.3 Å². The summed E-state index contributed by atoms with van der Waals surface area (Å²) in [7, 11) is 0. The molecule has 1 spiro atoms. The Morgan fingerprint density at radius 3 is 2.72 bits per heavy atom. The molecule has 2 nitrogen and oxygen atoms in total. The van der Waals surface area contributed by atoms with Crippen LogP contribution in [-0.4, -0.2) is 31.1 Å². The standard InChI is InChI=1S/C16H24N2/c1-2-6-15(7-3-1)12-18-11-5-9-16(14-18)8-4-10-17-13-16/h1-3,6-7,17H,4-5,8-14H2/t16-/m0/s1. The number of likely N-dealkylation sites (tertiary alicyclic amines) is 1. The largest absolute Gasteiger partial charge is 0.316 e. The van der Waals surface area contributed by atoms with Crippen LogP contribution in [0.2, 0.25) is 0 Å². The monoisotopic (exact) mass is 244 g/mol. The number of nitrogens with zero attached hydrogens (tertiary/aromatic N) is 1.